The molecular weight excluding hydrogens is 394 g/mol. The molecule has 5 nitrogen and oxygen atoms in total. The largest absolute Gasteiger partial charge is 0.308 e. The van der Waals surface area contributed by atoms with Crippen LogP contribution in [0, 0.1) is 6.92 Å². The van der Waals surface area contributed by atoms with Gasteiger partial charge in [0, 0.05) is 12.6 Å². The van der Waals surface area contributed by atoms with E-state index in [-0.39, 0.29) is 16.4 Å². The first-order valence-electron chi connectivity index (χ1n) is 9.42. The summed E-state index contributed by atoms with van der Waals surface area (Å²) < 4.78 is 50.8. The minimum atomic E-state index is -3.76. The van der Waals surface area contributed by atoms with Crippen molar-refractivity contribution in [2.75, 3.05) is 11.5 Å². The Bertz CT molecular complexity index is 1040. The zero-order valence-corrected chi connectivity index (χ0v) is 18.1. The van der Waals surface area contributed by atoms with E-state index in [1.54, 1.807) is 24.3 Å². The van der Waals surface area contributed by atoms with Crippen molar-refractivity contribution in [3.8, 4) is 0 Å². The summed E-state index contributed by atoms with van der Waals surface area (Å²) in [5.41, 5.74) is 3.15. The average Bonchev–Trinajstić information content (AvgIpc) is 2.95. The molecule has 3 rings (SSSR count). The molecule has 0 bridgehead atoms. The molecule has 1 aliphatic heterocycles. The summed E-state index contributed by atoms with van der Waals surface area (Å²) in [6.07, 6.45) is 0. The normalized spacial score (nSPS) is 21.9. The minimum Gasteiger partial charge on any atom is -0.308 e. The van der Waals surface area contributed by atoms with Gasteiger partial charge in [0.2, 0.25) is 0 Å². The van der Waals surface area contributed by atoms with Gasteiger partial charge in [-0.3, -0.25) is 0 Å². The number of hydrogen-bond acceptors (Lipinski definition) is 5. The molecular formula is C21H27NO4S2. The lowest BCUT2D eigenvalue weighted by molar-refractivity contribution is 0.526. The number of sulfone groups is 2. The monoisotopic (exact) mass is 421 g/mol. The Morgan fingerprint density at radius 1 is 1.07 bits per heavy atom. The fraction of sp³-hybridized carbons (Fsp3) is 0.429. The van der Waals surface area contributed by atoms with Crippen LogP contribution in [-0.4, -0.2) is 39.6 Å². The summed E-state index contributed by atoms with van der Waals surface area (Å²) in [4.78, 5) is 0.182. The van der Waals surface area contributed by atoms with E-state index < -0.39 is 31.0 Å². The van der Waals surface area contributed by atoms with E-state index in [0.717, 1.165) is 16.7 Å². The topological polar surface area (TPSA) is 80.3 Å². The lowest BCUT2D eigenvalue weighted by atomic mass is 10.0. The summed E-state index contributed by atoms with van der Waals surface area (Å²) in [6.45, 7) is 6.49. The lowest BCUT2D eigenvalue weighted by Gasteiger charge is -2.20. The molecule has 0 unspecified atom stereocenters. The Morgan fingerprint density at radius 2 is 1.75 bits per heavy atom. The van der Waals surface area contributed by atoms with Gasteiger partial charge in [0.15, 0.2) is 19.7 Å². The van der Waals surface area contributed by atoms with Crippen molar-refractivity contribution in [1.29, 1.82) is 0 Å². The number of nitrogens with one attached hydrogen (secondary N) is 1. The molecule has 28 heavy (non-hydrogen) atoms. The quantitative estimate of drug-likeness (QED) is 0.776. The second-order valence-electron chi connectivity index (χ2n) is 7.86. The number of hydrogen-bond donors (Lipinski definition) is 1. The Balaban J connectivity index is 1.84. The average molecular weight is 422 g/mol. The lowest BCUT2D eigenvalue weighted by Crippen LogP contribution is -2.43. The van der Waals surface area contributed by atoms with Gasteiger partial charge in [0.05, 0.1) is 21.7 Å². The van der Waals surface area contributed by atoms with Crippen LogP contribution in [0.3, 0.4) is 0 Å². The fourth-order valence-corrected chi connectivity index (χ4v) is 8.32. The van der Waals surface area contributed by atoms with E-state index in [0.29, 0.717) is 12.5 Å². The molecule has 0 aliphatic carbocycles. The van der Waals surface area contributed by atoms with E-state index in [1.807, 2.05) is 45.0 Å². The van der Waals surface area contributed by atoms with E-state index in [1.165, 1.54) is 0 Å². The SMILES string of the molecule is Cc1cccc(CN[C@H]2CS(=O)(=O)C[C@@H]2S(=O)(=O)c2ccc(C(C)C)cc2)c1. The summed E-state index contributed by atoms with van der Waals surface area (Å²) in [5.74, 6) is -0.202. The standard InChI is InChI=1S/C21H27NO4S2/c1-15(2)18-7-9-19(10-8-18)28(25,26)21-14-27(23,24)13-20(21)22-12-17-6-4-5-16(3)11-17/h4-11,15,20-22H,12-14H2,1-3H3/t20-,21-/m0/s1. The van der Waals surface area contributed by atoms with Crippen molar-refractivity contribution in [1.82, 2.24) is 5.32 Å². The number of benzene rings is 2. The molecule has 152 valence electrons. The molecule has 2 aromatic carbocycles. The molecule has 1 saturated heterocycles. The van der Waals surface area contributed by atoms with E-state index in [4.69, 9.17) is 0 Å². The Labute approximate surface area is 168 Å². The van der Waals surface area contributed by atoms with Crippen LogP contribution in [0.15, 0.2) is 53.4 Å². The molecule has 1 fully saturated rings. The molecule has 0 aromatic heterocycles. The van der Waals surface area contributed by atoms with Crippen molar-refractivity contribution in [2.24, 2.45) is 0 Å². The van der Waals surface area contributed by atoms with Crippen LogP contribution in [0.1, 0.15) is 36.5 Å². The fourth-order valence-electron chi connectivity index (χ4n) is 3.60. The van der Waals surface area contributed by atoms with Gasteiger partial charge in [-0.05, 0) is 36.1 Å². The third-order valence-electron chi connectivity index (χ3n) is 5.23. The van der Waals surface area contributed by atoms with Crippen molar-refractivity contribution in [2.45, 2.75) is 49.4 Å². The summed E-state index contributed by atoms with van der Waals surface area (Å²) in [5, 5.41) is 2.20. The van der Waals surface area contributed by atoms with Gasteiger partial charge in [-0.1, -0.05) is 55.8 Å². The third-order valence-corrected chi connectivity index (χ3v) is 9.39. The summed E-state index contributed by atoms with van der Waals surface area (Å²) in [7, 11) is -7.17. The van der Waals surface area contributed by atoms with Gasteiger partial charge < -0.3 is 5.32 Å². The predicted octanol–water partition coefficient (Wildman–Crippen LogP) is 2.85. The third kappa shape index (κ3) is 4.64. The van der Waals surface area contributed by atoms with Crippen molar-refractivity contribution < 1.29 is 16.8 Å². The second-order valence-corrected chi connectivity index (χ2v) is 12.2. The first-order chi connectivity index (χ1) is 13.1. The molecule has 1 heterocycles. The van der Waals surface area contributed by atoms with Crippen LogP contribution in [0.5, 0.6) is 0 Å². The van der Waals surface area contributed by atoms with E-state index >= 15 is 0 Å². The molecule has 1 N–H and O–H groups in total. The van der Waals surface area contributed by atoms with Crippen LogP contribution in [-0.2, 0) is 26.2 Å². The van der Waals surface area contributed by atoms with Crippen LogP contribution in [0.4, 0.5) is 0 Å². The highest BCUT2D eigenvalue weighted by atomic mass is 32.2. The van der Waals surface area contributed by atoms with Gasteiger partial charge in [0.25, 0.3) is 0 Å². The smallest absolute Gasteiger partial charge is 0.183 e. The van der Waals surface area contributed by atoms with Gasteiger partial charge in [-0.2, -0.15) is 0 Å². The maximum absolute atomic E-state index is 13.2. The van der Waals surface area contributed by atoms with E-state index in [2.05, 4.69) is 5.32 Å². The second kappa shape index (κ2) is 7.97. The van der Waals surface area contributed by atoms with Crippen molar-refractivity contribution in [3.05, 3.63) is 65.2 Å². The first-order valence-corrected chi connectivity index (χ1v) is 12.8. The van der Waals surface area contributed by atoms with Crippen LogP contribution < -0.4 is 5.32 Å². The van der Waals surface area contributed by atoms with Gasteiger partial charge >= 0.3 is 0 Å². The maximum Gasteiger partial charge on any atom is 0.183 e. The molecule has 2 atom stereocenters. The zero-order valence-electron chi connectivity index (χ0n) is 16.4. The van der Waals surface area contributed by atoms with Gasteiger partial charge in [-0.15, -0.1) is 0 Å². The van der Waals surface area contributed by atoms with Gasteiger partial charge in [0.1, 0.15) is 0 Å². The summed E-state index contributed by atoms with van der Waals surface area (Å²) >= 11 is 0. The highest BCUT2D eigenvalue weighted by molar-refractivity contribution is 7.96. The zero-order chi connectivity index (χ0) is 20.5. The molecule has 7 heteroatoms. The molecule has 0 saturated carbocycles. The van der Waals surface area contributed by atoms with Gasteiger partial charge in [-0.25, -0.2) is 16.8 Å². The first kappa shape index (κ1) is 21.0. The number of rotatable bonds is 6. The predicted molar refractivity (Wildman–Crippen MR) is 112 cm³/mol. The van der Waals surface area contributed by atoms with Crippen LogP contribution >= 0.6 is 0 Å². The maximum atomic E-state index is 13.2. The van der Waals surface area contributed by atoms with E-state index in [9.17, 15) is 16.8 Å². The molecule has 2 aromatic rings. The Hall–Kier alpha value is -1.70. The minimum absolute atomic E-state index is 0.160. The highest BCUT2D eigenvalue weighted by Gasteiger charge is 2.45. The Morgan fingerprint density at radius 3 is 2.36 bits per heavy atom. The van der Waals surface area contributed by atoms with Crippen LogP contribution in [0.2, 0.25) is 0 Å². The summed E-state index contributed by atoms with van der Waals surface area (Å²) in [6, 6.07) is 14.0. The molecule has 0 spiro atoms. The van der Waals surface area contributed by atoms with Crippen LogP contribution in [0.25, 0.3) is 0 Å². The Kier molecular flexibility index (Phi) is 5.98. The van der Waals surface area contributed by atoms with Crippen molar-refractivity contribution >= 4 is 19.7 Å². The molecule has 1 aliphatic rings. The molecule has 0 amide bonds. The van der Waals surface area contributed by atoms with Crippen molar-refractivity contribution in [3.63, 3.8) is 0 Å². The molecule has 0 radical (unpaired) electrons. The highest BCUT2D eigenvalue weighted by Crippen LogP contribution is 2.27. The number of aryl methyl sites for hydroxylation is 1.